The summed E-state index contributed by atoms with van der Waals surface area (Å²) in [5.74, 6) is 0. The van der Waals surface area contributed by atoms with E-state index in [1.54, 1.807) is 11.3 Å². The molecule has 1 atom stereocenters. The lowest BCUT2D eigenvalue weighted by Gasteiger charge is -2.16. The minimum atomic E-state index is -0.0980. The van der Waals surface area contributed by atoms with Crippen LogP contribution in [-0.2, 0) is 5.41 Å². The van der Waals surface area contributed by atoms with Gasteiger partial charge in [0, 0.05) is 14.8 Å². The largest absolute Gasteiger partial charge is 0.320 e. The lowest BCUT2D eigenvalue weighted by Crippen LogP contribution is -2.10. The molecule has 0 saturated heterocycles. The molecule has 0 aliphatic rings. The summed E-state index contributed by atoms with van der Waals surface area (Å²) in [5.41, 5.74) is 8.67. The molecule has 0 aliphatic carbocycles. The van der Waals surface area contributed by atoms with E-state index in [9.17, 15) is 0 Å². The highest BCUT2D eigenvalue weighted by molar-refractivity contribution is 7.12. The van der Waals surface area contributed by atoms with Crippen LogP contribution in [0, 0.1) is 6.92 Å². The molecule has 1 unspecified atom stereocenters. The lowest BCUT2D eigenvalue weighted by molar-refractivity contribution is 0.604. The molecule has 19 heavy (non-hydrogen) atoms. The second-order valence-electron chi connectivity index (χ2n) is 5.94. The molecule has 2 N–H and O–H groups in total. The van der Waals surface area contributed by atoms with Crippen molar-refractivity contribution in [2.24, 2.45) is 5.73 Å². The number of hydrogen-bond acceptors (Lipinski definition) is 2. The van der Waals surface area contributed by atoms with Crippen LogP contribution in [0.4, 0.5) is 0 Å². The van der Waals surface area contributed by atoms with Gasteiger partial charge in [-0.3, -0.25) is 0 Å². The van der Waals surface area contributed by atoms with E-state index in [2.05, 4.69) is 39.0 Å². The van der Waals surface area contributed by atoms with Crippen LogP contribution in [0.3, 0.4) is 0 Å². The Hall–Kier alpha value is -0.830. The highest BCUT2D eigenvalue weighted by Crippen LogP contribution is 2.34. The number of rotatable bonds is 2. The predicted molar refractivity (Wildman–Crippen MR) is 85.2 cm³/mol. The Morgan fingerprint density at radius 3 is 2.37 bits per heavy atom. The number of hydrogen-bond donors (Lipinski definition) is 1. The number of halogens is 1. The van der Waals surface area contributed by atoms with Gasteiger partial charge in [0.25, 0.3) is 0 Å². The first-order valence-corrected chi connectivity index (χ1v) is 7.60. The van der Waals surface area contributed by atoms with Crippen molar-refractivity contribution in [1.29, 1.82) is 0 Å². The van der Waals surface area contributed by atoms with Crippen molar-refractivity contribution in [3.63, 3.8) is 0 Å². The van der Waals surface area contributed by atoms with E-state index in [4.69, 9.17) is 17.3 Å². The van der Waals surface area contributed by atoms with Gasteiger partial charge in [0.1, 0.15) is 0 Å². The zero-order valence-electron chi connectivity index (χ0n) is 11.8. The highest BCUT2D eigenvalue weighted by atomic mass is 35.5. The summed E-state index contributed by atoms with van der Waals surface area (Å²) in [4.78, 5) is 2.54. The first kappa shape index (κ1) is 14.6. The second-order valence-corrected chi connectivity index (χ2v) is 7.46. The quantitative estimate of drug-likeness (QED) is 0.823. The third-order valence-electron chi connectivity index (χ3n) is 3.23. The van der Waals surface area contributed by atoms with Crippen molar-refractivity contribution >= 4 is 22.9 Å². The summed E-state index contributed by atoms with van der Waals surface area (Å²) in [6, 6.07) is 10.3. The van der Waals surface area contributed by atoms with Crippen molar-refractivity contribution in [1.82, 2.24) is 0 Å². The van der Waals surface area contributed by atoms with Crippen LogP contribution in [0.15, 0.2) is 30.3 Å². The van der Waals surface area contributed by atoms with Crippen LogP contribution in [-0.4, -0.2) is 0 Å². The molecule has 0 aliphatic heterocycles. The molecule has 1 heterocycles. The van der Waals surface area contributed by atoms with Crippen molar-refractivity contribution in [3.8, 4) is 0 Å². The number of aryl methyl sites for hydroxylation is 1. The smallest absolute Gasteiger partial charge is 0.0646 e. The van der Waals surface area contributed by atoms with Gasteiger partial charge in [-0.25, -0.2) is 0 Å². The molecule has 1 aromatic heterocycles. The van der Waals surface area contributed by atoms with Gasteiger partial charge in [-0.2, -0.15) is 0 Å². The van der Waals surface area contributed by atoms with Gasteiger partial charge in [-0.05, 0) is 41.7 Å². The molecule has 2 aromatic rings. The van der Waals surface area contributed by atoms with Gasteiger partial charge < -0.3 is 5.73 Å². The summed E-state index contributed by atoms with van der Waals surface area (Å²) in [6.45, 7) is 8.66. The van der Waals surface area contributed by atoms with Crippen LogP contribution in [0.2, 0.25) is 5.02 Å². The standard InChI is InChI=1S/C16H20ClNS/c1-10-5-6-11(9-12(10)17)15(18)13-7-8-14(19-13)16(2,3)4/h5-9,15H,18H2,1-4H3. The number of nitrogens with two attached hydrogens (primary N) is 1. The van der Waals surface area contributed by atoms with E-state index >= 15 is 0 Å². The predicted octanol–water partition coefficient (Wildman–Crippen LogP) is 5.06. The average molecular weight is 294 g/mol. The first-order valence-electron chi connectivity index (χ1n) is 6.41. The topological polar surface area (TPSA) is 26.0 Å². The Balaban J connectivity index is 2.31. The summed E-state index contributed by atoms with van der Waals surface area (Å²) in [7, 11) is 0. The summed E-state index contributed by atoms with van der Waals surface area (Å²) < 4.78 is 0. The van der Waals surface area contributed by atoms with Crippen LogP contribution in [0.5, 0.6) is 0 Å². The van der Waals surface area contributed by atoms with Crippen molar-refractivity contribution in [2.75, 3.05) is 0 Å². The number of thiophene rings is 1. The normalized spacial score (nSPS) is 13.6. The SMILES string of the molecule is Cc1ccc(C(N)c2ccc(C(C)(C)C)s2)cc1Cl. The fraction of sp³-hybridized carbons (Fsp3) is 0.375. The summed E-state index contributed by atoms with van der Waals surface area (Å²) in [5, 5.41) is 0.778. The van der Waals surface area contributed by atoms with E-state index < -0.39 is 0 Å². The van der Waals surface area contributed by atoms with Crippen molar-refractivity contribution < 1.29 is 0 Å². The molecular formula is C16H20ClNS. The Bertz CT molecular complexity index is 581. The molecule has 2 rings (SSSR count). The van der Waals surface area contributed by atoms with Crippen LogP contribution in [0.1, 0.15) is 47.7 Å². The third-order valence-corrected chi connectivity index (χ3v) is 5.23. The summed E-state index contributed by atoms with van der Waals surface area (Å²) >= 11 is 7.96. The molecule has 0 bridgehead atoms. The maximum atomic E-state index is 6.34. The van der Waals surface area contributed by atoms with Crippen molar-refractivity contribution in [3.05, 3.63) is 56.2 Å². The molecule has 3 heteroatoms. The minimum Gasteiger partial charge on any atom is -0.320 e. The average Bonchev–Trinajstić information content (AvgIpc) is 2.81. The molecule has 102 valence electrons. The fourth-order valence-electron chi connectivity index (χ4n) is 1.89. The van der Waals surface area contributed by atoms with Gasteiger partial charge in [-0.1, -0.05) is 44.5 Å². The first-order chi connectivity index (χ1) is 8.79. The Morgan fingerprint density at radius 2 is 1.84 bits per heavy atom. The van der Waals surface area contributed by atoms with E-state index in [-0.39, 0.29) is 11.5 Å². The zero-order valence-corrected chi connectivity index (χ0v) is 13.4. The molecule has 1 nitrogen and oxygen atoms in total. The van der Waals surface area contributed by atoms with E-state index in [1.807, 2.05) is 19.1 Å². The van der Waals surface area contributed by atoms with Crippen LogP contribution in [0.25, 0.3) is 0 Å². The lowest BCUT2D eigenvalue weighted by atomic mass is 9.95. The monoisotopic (exact) mass is 293 g/mol. The van der Waals surface area contributed by atoms with Crippen LogP contribution >= 0.6 is 22.9 Å². The van der Waals surface area contributed by atoms with Crippen molar-refractivity contribution in [2.45, 2.75) is 39.2 Å². The Kier molecular flexibility index (Phi) is 4.05. The van der Waals surface area contributed by atoms with E-state index in [0.717, 1.165) is 16.1 Å². The Labute approximate surface area is 124 Å². The van der Waals surface area contributed by atoms with Gasteiger partial charge in [0.2, 0.25) is 0 Å². The molecule has 0 spiro atoms. The highest BCUT2D eigenvalue weighted by Gasteiger charge is 2.19. The maximum absolute atomic E-state index is 6.34. The molecule has 0 saturated carbocycles. The number of benzene rings is 1. The Morgan fingerprint density at radius 1 is 1.16 bits per heavy atom. The van der Waals surface area contributed by atoms with Gasteiger partial charge in [0.15, 0.2) is 0 Å². The molecule has 0 radical (unpaired) electrons. The molecule has 0 amide bonds. The van der Waals surface area contributed by atoms with Gasteiger partial charge in [-0.15, -0.1) is 11.3 Å². The molecule has 1 aromatic carbocycles. The fourth-order valence-corrected chi connectivity index (χ4v) is 3.17. The second kappa shape index (κ2) is 5.28. The zero-order chi connectivity index (χ0) is 14.2. The van der Waals surface area contributed by atoms with E-state index in [1.165, 1.54) is 9.75 Å². The van der Waals surface area contributed by atoms with Gasteiger partial charge >= 0.3 is 0 Å². The summed E-state index contributed by atoms with van der Waals surface area (Å²) in [6.07, 6.45) is 0. The maximum Gasteiger partial charge on any atom is 0.0646 e. The molecular weight excluding hydrogens is 274 g/mol. The van der Waals surface area contributed by atoms with Gasteiger partial charge in [0.05, 0.1) is 6.04 Å². The van der Waals surface area contributed by atoms with Crippen LogP contribution < -0.4 is 5.73 Å². The third kappa shape index (κ3) is 3.19. The van der Waals surface area contributed by atoms with E-state index in [0.29, 0.717) is 0 Å². The minimum absolute atomic E-state index is 0.0980. The molecule has 0 fully saturated rings.